The van der Waals surface area contributed by atoms with Crippen LogP contribution < -0.4 is 11.1 Å². The molecule has 7 heteroatoms. The number of rotatable bonds is 4. The number of hydrogen-bond donors (Lipinski definition) is 2. The molecule has 2 aromatic rings. The van der Waals surface area contributed by atoms with Gasteiger partial charge in [-0.25, -0.2) is 4.39 Å². The molecule has 0 aliphatic carbocycles. The van der Waals surface area contributed by atoms with Gasteiger partial charge in [-0.2, -0.15) is 0 Å². The van der Waals surface area contributed by atoms with Gasteiger partial charge in [0.1, 0.15) is 5.82 Å². The Labute approximate surface area is 118 Å². The number of halogens is 1. The van der Waals surface area contributed by atoms with Gasteiger partial charge in [0, 0.05) is 10.6 Å². The summed E-state index contributed by atoms with van der Waals surface area (Å²) >= 11 is 0.978. The average Bonchev–Trinajstić information content (AvgIpc) is 2.91. The number of thioether (sulfide) groups is 1. The second-order valence-electron chi connectivity index (χ2n) is 3.83. The zero-order valence-corrected chi connectivity index (χ0v) is 11.1. The molecule has 104 valence electrons. The molecule has 1 aromatic heterocycles. The van der Waals surface area contributed by atoms with E-state index in [0.29, 0.717) is 10.6 Å². The van der Waals surface area contributed by atoms with Crippen molar-refractivity contribution in [3.05, 3.63) is 48.2 Å². The molecule has 1 heterocycles. The van der Waals surface area contributed by atoms with E-state index in [4.69, 9.17) is 10.2 Å². The number of imide groups is 1. The maximum Gasteiger partial charge on any atom is 0.293 e. The first-order chi connectivity index (χ1) is 9.56. The Morgan fingerprint density at radius 1 is 1.35 bits per heavy atom. The Balaban J connectivity index is 1.88. The maximum absolute atomic E-state index is 13.5. The Morgan fingerprint density at radius 3 is 2.80 bits per heavy atom. The highest BCUT2D eigenvalue weighted by molar-refractivity contribution is 8.00. The highest BCUT2D eigenvalue weighted by Crippen LogP contribution is 2.23. The van der Waals surface area contributed by atoms with Crippen molar-refractivity contribution < 1.29 is 18.4 Å². The summed E-state index contributed by atoms with van der Waals surface area (Å²) in [7, 11) is 0. The lowest BCUT2D eigenvalue weighted by molar-refractivity contribution is -0.117. The number of carbonyl (C=O) groups is 2. The minimum atomic E-state index is -0.627. The van der Waals surface area contributed by atoms with E-state index in [1.54, 1.807) is 0 Å². The first-order valence-corrected chi connectivity index (χ1v) is 6.60. The minimum Gasteiger partial charge on any atom is -0.459 e. The lowest BCUT2D eigenvalue weighted by Crippen LogP contribution is -2.31. The molecule has 0 saturated carbocycles. The quantitative estimate of drug-likeness (QED) is 0.666. The van der Waals surface area contributed by atoms with E-state index in [-0.39, 0.29) is 11.5 Å². The van der Waals surface area contributed by atoms with Crippen molar-refractivity contribution in [1.82, 2.24) is 5.32 Å². The summed E-state index contributed by atoms with van der Waals surface area (Å²) in [5.74, 6) is -1.71. The van der Waals surface area contributed by atoms with Gasteiger partial charge in [0.15, 0.2) is 5.76 Å². The molecule has 3 N–H and O–H groups in total. The Bertz CT molecular complexity index is 629. The third-order valence-electron chi connectivity index (χ3n) is 2.31. The van der Waals surface area contributed by atoms with Crippen LogP contribution in [-0.4, -0.2) is 17.6 Å². The summed E-state index contributed by atoms with van der Waals surface area (Å²) in [6.45, 7) is 0. The molecule has 2 rings (SSSR count). The van der Waals surface area contributed by atoms with Crippen LogP contribution in [-0.2, 0) is 4.79 Å². The summed E-state index contributed by atoms with van der Waals surface area (Å²) in [5, 5.41) is 2.14. The van der Waals surface area contributed by atoms with E-state index in [0.717, 1.165) is 11.8 Å². The van der Waals surface area contributed by atoms with Crippen molar-refractivity contribution in [2.45, 2.75) is 4.90 Å². The number of nitrogens with two attached hydrogens (primary N) is 1. The van der Waals surface area contributed by atoms with Gasteiger partial charge in [0.05, 0.1) is 12.0 Å². The van der Waals surface area contributed by atoms with Crippen molar-refractivity contribution in [1.29, 1.82) is 0 Å². The van der Waals surface area contributed by atoms with E-state index in [1.165, 1.54) is 36.6 Å². The Morgan fingerprint density at radius 2 is 2.15 bits per heavy atom. The van der Waals surface area contributed by atoms with Gasteiger partial charge >= 0.3 is 0 Å². The van der Waals surface area contributed by atoms with Gasteiger partial charge in [0.25, 0.3) is 5.91 Å². The molecule has 0 radical (unpaired) electrons. The smallest absolute Gasteiger partial charge is 0.293 e. The van der Waals surface area contributed by atoms with E-state index in [2.05, 4.69) is 5.32 Å². The van der Waals surface area contributed by atoms with Crippen LogP contribution in [0.15, 0.2) is 45.9 Å². The van der Waals surface area contributed by atoms with E-state index in [9.17, 15) is 14.0 Å². The van der Waals surface area contributed by atoms with Crippen molar-refractivity contribution >= 4 is 29.3 Å². The number of furan rings is 1. The van der Waals surface area contributed by atoms with Crippen molar-refractivity contribution in [2.75, 3.05) is 11.5 Å². The van der Waals surface area contributed by atoms with Crippen LogP contribution >= 0.6 is 11.8 Å². The van der Waals surface area contributed by atoms with E-state index in [1.807, 2.05) is 0 Å². The van der Waals surface area contributed by atoms with Gasteiger partial charge in [-0.05, 0) is 30.3 Å². The molecule has 0 bridgehead atoms. The zero-order valence-electron chi connectivity index (χ0n) is 10.3. The fraction of sp³-hybridized carbons (Fsp3) is 0.0769. The zero-order chi connectivity index (χ0) is 14.5. The summed E-state index contributed by atoms with van der Waals surface area (Å²) in [4.78, 5) is 23.4. The summed E-state index contributed by atoms with van der Waals surface area (Å²) in [5.41, 5.74) is 5.73. The van der Waals surface area contributed by atoms with Crippen molar-refractivity contribution in [2.24, 2.45) is 0 Å². The molecule has 2 amide bonds. The molecule has 0 saturated heterocycles. The highest BCUT2D eigenvalue weighted by Gasteiger charge is 2.13. The summed E-state index contributed by atoms with van der Waals surface area (Å²) < 4.78 is 18.3. The molecule has 0 aliphatic rings. The lowest BCUT2D eigenvalue weighted by Gasteiger charge is -2.04. The first kappa shape index (κ1) is 14.1. The molecule has 0 fully saturated rings. The van der Waals surface area contributed by atoms with Crippen LogP contribution in [0.25, 0.3) is 0 Å². The molecule has 0 aliphatic heterocycles. The third-order valence-corrected chi connectivity index (χ3v) is 3.36. The summed E-state index contributed by atoms with van der Waals surface area (Å²) in [6.07, 6.45) is 1.33. The molecule has 0 spiro atoms. The van der Waals surface area contributed by atoms with Crippen LogP contribution in [0.3, 0.4) is 0 Å². The van der Waals surface area contributed by atoms with E-state index < -0.39 is 17.6 Å². The normalized spacial score (nSPS) is 10.2. The molecule has 20 heavy (non-hydrogen) atoms. The average molecular weight is 294 g/mol. The molecular weight excluding hydrogens is 283 g/mol. The van der Waals surface area contributed by atoms with Gasteiger partial charge in [-0.3, -0.25) is 14.9 Å². The van der Waals surface area contributed by atoms with Gasteiger partial charge < -0.3 is 10.2 Å². The molecular formula is C13H11FN2O3S. The van der Waals surface area contributed by atoms with Crippen molar-refractivity contribution in [3.63, 3.8) is 0 Å². The second kappa shape index (κ2) is 6.25. The topological polar surface area (TPSA) is 85.3 Å². The van der Waals surface area contributed by atoms with E-state index >= 15 is 0 Å². The number of amides is 2. The maximum atomic E-state index is 13.5. The monoisotopic (exact) mass is 294 g/mol. The summed E-state index contributed by atoms with van der Waals surface area (Å²) in [6, 6.07) is 7.18. The lowest BCUT2D eigenvalue weighted by atomic mass is 10.3. The predicted octanol–water partition coefficient (Wildman–Crippen LogP) is 2.05. The molecule has 0 atom stereocenters. The molecule has 1 aromatic carbocycles. The predicted molar refractivity (Wildman–Crippen MR) is 72.7 cm³/mol. The number of hydrogen-bond acceptors (Lipinski definition) is 5. The van der Waals surface area contributed by atoms with Crippen LogP contribution in [0, 0.1) is 5.82 Å². The van der Waals surface area contributed by atoms with Crippen LogP contribution in [0.2, 0.25) is 0 Å². The largest absolute Gasteiger partial charge is 0.459 e. The Hall–Kier alpha value is -2.28. The fourth-order valence-electron chi connectivity index (χ4n) is 1.41. The van der Waals surface area contributed by atoms with Crippen molar-refractivity contribution in [3.8, 4) is 0 Å². The third kappa shape index (κ3) is 3.61. The van der Waals surface area contributed by atoms with Crippen LogP contribution in [0.4, 0.5) is 10.1 Å². The van der Waals surface area contributed by atoms with Gasteiger partial charge in [-0.1, -0.05) is 0 Å². The fourth-order valence-corrected chi connectivity index (χ4v) is 2.13. The first-order valence-electron chi connectivity index (χ1n) is 5.62. The number of nitrogen functional groups attached to an aromatic ring is 1. The standard InChI is InChI=1S/C13H11FN2O3S/c14-9-6-8(15)3-4-11(9)20-7-12(17)16-13(18)10-2-1-5-19-10/h1-6H,7,15H2,(H,16,17,18). The number of anilines is 1. The molecule has 0 unspecified atom stereocenters. The second-order valence-corrected chi connectivity index (χ2v) is 4.85. The van der Waals surface area contributed by atoms with Gasteiger partial charge in [-0.15, -0.1) is 11.8 Å². The molecule has 5 nitrogen and oxygen atoms in total. The number of benzene rings is 1. The minimum absolute atomic E-state index is 0.0435. The SMILES string of the molecule is Nc1ccc(SCC(=O)NC(=O)c2ccco2)c(F)c1. The Kier molecular flexibility index (Phi) is 4.41. The number of nitrogens with one attached hydrogen (secondary N) is 1. The highest BCUT2D eigenvalue weighted by atomic mass is 32.2. The van der Waals surface area contributed by atoms with Crippen LogP contribution in [0.5, 0.6) is 0 Å². The number of carbonyl (C=O) groups excluding carboxylic acids is 2. The van der Waals surface area contributed by atoms with Crippen LogP contribution in [0.1, 0.15) is 10.6 Å². The van der Waals surface area contributed by atoms with Gasteiger partial charge in [0.2, 0.25) is 5.91 Å².